The van der Waals surface area contributed by atoms with Crippen LogP contribution in [0.15, 0.2) is 65.6 Å². The van der Waals surface area contributed by atoms with Crippen LogP contribution in [0, 0.1) is 0 Å². The molecule has 0 atom stereocenters. The summed E-state index contributed by atoms with van der Waals surface area (Å²) in [5, 5.41) is 2.58. The van der Waals surface area contributed by atoms with Crippen molar-refractivity contribution in [2.24, 2.45) is 0 Å². The lowest BCUT2D eigenvalue weighted by Gasteiger charge is -2.14. The third-order valence-electron chi connectivity index (χ3n) is 4.28. The SMILES string of the molecule is COc1ccc(/C=C2/SC(=S)N(c3cccc(Cl)c3)C2=O)c2ccccc12. The Bertz CT molecular complexity index is 1110. The molecule has 0 unspecified atom stereocenters. The van der Waals surface area contributed by atoms with Crippen molar-refractivity contribution < 1.29 is 9.53 Å². The van der Waals surface area contributed by atoms with Crippen molar-refractivity contribution in [1.29, 1.82) is 0 Å². The van der Waals surface area contributed by atoms with Crippen LogP contribution in [0.3, 0.4) is 0 Å². The van der Waals surface area contributed by atoms with Gasteiger partial charge in [-0.1, -0.05) is 72.0 Å². The van der Waals surface area contributed by atoms with Crippen molar-refractivity contribution in [2.75, 3.05) is 12.0 Å². The number of ether oxygens (including phenoxy) is 1. The van der Waals surface area contributed by atoms with E-state index < -0.39 is 0 Å². The van der Waals surface area contributed by atoms with Crippen LogP contribution in [0.5, 0.6) is 5.75 Å². The van der Waals surface area contributed by atoms with Crippen LogP contribution >= 0.6 is 35.6 Å². The summed E-state index contributed by atoms with van der Waals surface area (Å²) >= 11 is 12.8. The Labute approximate surface area is 171 Å². The highest BCUT2D eigenvalue weighted by Gasteiger charge is 2.33. The van der Waals surface area contributed by atoms with Gasteiger partial charge in [-0.05, 0) is 41.3 Å². The highest BCUT2D eigenvalue weighted by atomic mass is 35.5. The summed E-state index contributed by atoms with van der Waals surface area (Å²) in [6.07, 6.45) is 1.88. The minimum atomic E-state index is -0.146. The van der Waals surface area contributed by atoms with Crippen molar-refractivity contribution in [1.82, 2.24) is 0 Å². The number of amides is 1. The van der Waals surface area contributed by atoms with Gasteiger partial charge in [-0.15, -0.1) is 0 Å². The third-order valence-corrected chi connectivity index (χ3v) is 5.82. The van der Waals surface area contributed by atoms with Crippen LogP contribution in [-0.4, -0.2) is 17.3 Å². The van der Waals surface area contributed by atoms with E-state index in [9.17, 15) is 4.79 Å². The number of halogens is 1. The standard InChI is InChI=1S/C21H14ClNO2S2/c1-25-18-10-9-13(16-7-2-3-8-17(16)18)11-19-20(24)23(21(26)27-19)15-6-4-5-14(22)12-15/h2-12H,1H3/b19-11+. The summed E-state index contributed by atoms with van der Waals surface area (Å²) < 4.78 is 5.93. The van der Waals surface area contributed by atoms with Crippen LogP contribution in [0.2, 0.25) is 5.02 Å². The number of hydrogen-bond acceptors (Lipinski definition) is 4. The van der Waals surface area contributed by atoms with E-state index in [4.69, 9.17) is 28.6 Å². The predicted molar refractivity (Wildman–Crippen MR) is 118 cm³/mol. The Balaban J connectivity index is 1.77. The molecule has 0 N–H and O–H groups in total. The Hall–Kier alpha value is -2.34. The maximum absolute atomic E-state index is 13.0. The highest BCUT2D eigenvalue weighted by molar-refractivity contribution is 8.27. The van der Waals surface area contributed by atoms with Gasteiger partial charge in [0.1, 0.15) is 5.75 Å². The molecule has 0 aliphatic carbocycles. The molecule has 3 aromatic rings. The summed E-state index contributed by atoms with van der Waals surface area (Å²) in [7, 11) is 1.65. The predicted octanol–water partition coefficient (Wildman–Crippen LogP) is 5.91. The number of benzene rings is 3. The smallest absolute Gasteiger partial charge is 0.270 e. The number of anilines is 1. The lowest BCUT2D eigenvalue weighted by atomic mass is 10.0. The first-order valence-corrected chi connectivity index (χ1v) is 9.78. The van der Waals surface area contributed by atoms with E-state index in [1.54, 1.807) is 25.3 Å². The average Bonchev–Trinajstić information content (AvgIpc) is 2.95. The molecule has 3 nitrogen and oxygen atoms in total. The van der Waals surface area contributed by atoms with Gasteiger partial charge in [0.2, 0.25) is 0 Å². The zero-order chi connectivity index (χ0) is 19.0. The molecular weight excluding hydrogens is 398 g/mol. The maximum Gasteiger partial charge on any atom is 0.270 e. The molecule has 6 heteroatoms. The Morgan fingerprint density at radius 2 is 1.85 bits per heavy atom. The molecule has 134 valence electrons. The van der Waals surface area contributed by atoms with Crippen LogP contribution in [0.25, 0.3) is 16.8 Å². The van der Waals surface area contributed by atoms with E-state index in [-0.39, 0.29) is 5.91 Å². The summed E-state index contributed by atoms with van der Waals surface area (Å²) in [6, 6.07) is 18.9. The van der Waals surface area contributed by atoms with E-state index in [1.807, 2.05) is 48.5 Å². The van der Waals surface area contributed by atoms with Crippen molar-refractivity contribution in [3.8, 4) is 5.75 Å². The molecule has 0 spiro atoms. The number of carbonyl (C=O) groups is 1. The van der Waals surface area contributed by atoms with Gasteiger partial charge in [0.25, 0.3) is 5.91 Å². The maximum atomic E-state index is 13.0. The third kappa shape index (κ3) is 3.34. The summed E-state index contributed by atoms with van der Waals surface area (Å²) in [5.74, 6) is 0.654. The van der Waals surface area contributed by atoms with Crippen molar-refractivity contribution in [3.05, 3.63) is 76.2 Å². The van der Waals surface area contributed by atoms with E-state index in [0.717, 1.165) is 22.1 Å². The van der Waals surface area contributed by atoms with Gasteiger partial charge in [0.05, 0.1) is 17.7 Å². The number of methoxy groups -OCH3 is 1. The zero-order valence-corrected chi connectivity index (χ0v) is 16.7. The average molecular weight is 412 g/mol. The molecule has 1 aliphatic rings. The molecule has 0 radical (unpaired) electrons. The van der Waals surface area contributed by atoms with E-state index in [0.29, 0.717) is 19.9 Å². The van der Waals surface area contributed by atoms with Crippen molar-refractivity contribution in [2.45, 2.75) is 0 Å². The number of fused-ring (bicyclic) bond motifs is 1. The van der Waals surface area contributed by atoms with Gasteiger partial charge in [0.15, 0.2) is 4.32 Å². The Morgan fingerprint density at radius 3 is 2.59 bits per heavy atom. The van der Waals surface area contributed by atoms with Crippen molar-refractivity contribution in [3.63, 3.8) is 0 Å². The van der Waals surface area contributed by atoms with Gasteiger partial charge in [-0.3, -0.25) is 9.69 Å². The van der Waals surface area contributed by atoms with Crippen LogP contribution < -0.4 is 9.64 Å². The lowest BCUT2D eigenvalue weighted by Crippen LogP contribution is -2.27. The molecule has 0 saturated carbocycles. The van der Waals surface area contributed by atoms with E-state index in [1.165, 1.54) is 16.7 Å². The fraction of sp³-hybridized carbons (Fsp3) is 0.0476. The molecule has 3 aromatic carbocycles. The molecule has 1 saturated heterocycles. The number of hydrogen-bond donors (Lipinski definition) is 0. The largest absolute Gasteiger partial charge is 0.496 e. The van der Waals surface area contributed by atoms with Gasteiger partial charge in [0, 0.05) is 10.4 Å². The summed E-state index contributed by atoms with van der Waals surface area (Å²) in [4.78, 5) is 15.1. The first kappa shape index (κ1) is 18.0. The zero-order valence-electron chi connectivity index (χ0n) is 14.3. The molecule has 1 heterocycles. The molecule has 1 amide bonds. The molecule has 1 fully saturated rings. The first-order valence-electron chi connectivity index (χ1n) is 8.18. The second-order valence-corrected chi connectivity index (χ2v) is 8.01. The van der Waals surface area contributed by atoms with Gasteiger partial charge < -0.3 is 4.74 Å². The van der Waals surface area contributed by atoms with Crippen molar-refractivity contribution >= 4 is 68.3 Å². The molecule has 1 aliphatic heterocycles. The van der Waals surface area contributed by atoms with Crippen LogP contribution in [-0.2, 0) is 4.79 Å². The number of nitrogens with zero attached hydrogens (tertiary/aromatic N) is 1. The molecule has 0 aromatic heterocycles. The fourth-order valence-corrected chi connectivity index (χ4v) is 4.52. The summed E-state index contributed by atoms with van der Waals surface area (Å²) in [6.45, 7) is 0. The number of thioether (sulfide) groups is 1. The second-order valence-electron chi connectivity index (χ2n) is 5.90. The lowest BCUT2D eigenvalue weighted by molar-refractivity contribution is -0.113. The van der Waals surface area contributed by atoms with Crippen LogP contribution in [0.4, 0.5) is 5.69 Å². The Morgan fingerprint density at radius 1 is 1.07 bits per heavy atom. The van der Waals surface area contributed by atoms with Crippen LogP contribution in [0.1, 0.15) is 5.56 Å². The van der Waals surface area contributed by atoms with Gasteiger partial charge in [-0.25, -0.2) is 0 Å². The topological polar surface area (TPSA) is 29.5 Å². The fourth-order valence-electron chi connectivity index (χ4n) is 3.05. The quantitative estimate of drug-likeness (QED) is 0.396. The van der Waals surface area contributed by atoms with E-state index >= 15 is 0 Å². The van der Waals surface area contributed by atoms with Gasteiger partial charge in [-0.2, -0.15) is 0 Å². The second kappa shape index (κ2) is 7.35. The summed E-state index contributed by atoms with van der Waals surface area (Å²) in [5.41, 5.74) is 1.62. The number of thiocarbonyl (C=S) groups is 1. The highest BCUT2D eigenvalue weighted by Crippen LogP contribution is 2.38. The monoisotopic (exact) mass is 411 g/mol. The molecular formula is C21H14ClNO2S2. The van der Waals surface area contributed by atoms with Gasteiger partial charge >= 0.3 is 0 Å². The number of rotatable bonds is 3. The van der Waals surface area contributed by atoms with E-state index in [2.05, 4.69) is 0 Å². The number of carbonyl (C=O) groups excluding carboxylic acids is 1. The molecule has 27 heavy (non-hydrogen) atoms. The molecule has 4 rings (SSSR count). The Kier molecular flexibility index (Phi) is 4.91. The normalized spacial score (nSPS) is 15.8. The minimum absolute atomic E-state index is 0.146. The molecule has 0 bridgehead atoms. The first-order chi connectivity index (χ1) is 13.1. The minimum Gasteiger partial charge on any atom is -0.496 e.